The molecule has 0 aliphatic carbocycles. The van der Waals surface area contributed by atoms with E-state index in [1.807, 2.05) is 31.2 Å². The van der Waals surface area contributed by atoms with E-state index in [1.165, 1.54) is 0 Å². The lowest BCUT2D eigenvalue weighted by Crippen LogP contribution is -2.28. The van der Waals surface area contributed by atoms with Gasteiger partial charge in [-0.25, -0.2) is 4.78 Å². The number of azide groups is 1. The van der Waals surface area contributed by atoms with Crippen molar-refractivity contribution in [1.82, 2.24) is 4.78 Å². The van der Waals surface area contributed by atoms with Crippen LogP contribution in [0.5, 0.6) is 5.75 Å². The van der Waals surface area contributed by atoms with Crippen LogP contribution in [0.3, 0.4) is 0 Å². The number of nitrogens with zero attached hydrogens (tertiary/aromatic N) is 5. The minimum atomic E-state index is -0.861. The normalized spacial score (nSPS) is 13.7. The fourth-order valence-corrected chi connectivity index (χ4v) is 1.95. The molecule has 0 N–H and O–H groups in total. The van der Waals surface area contributed by atoms with Crippen molar-refractivity contribution >= 4 is 25.5 Å². The molecule has 1 atom stereocenters. The first-order valence-corrected chi connectivity index (χ1v) is 8.35. The molecule has 0 amide bonds. The van der Waals surface area contributed by atoms with E-state index in [1.54, 1.807) is 25.0 Å². The monoisotopic (exact) mass is 323 g/mol. The second kappa shape index (κ2) is 8.57. The second-order valence-electron chi connectivity index (χ2n) is 4.60. The van der Waals surface area contributed by atoms with Gasteiger partial charge in [0.05, 0.1) is 6.21 Å². The second-order valence-corrected chi connectivity index (χ2v) is 5.83. The van der Waals surface area contributed by atoms with Crippen LogP contribution in [-0.4, -0.2) is 23.8 Å². The van der Waals surface area contributed by atoms with E-state index in [9.17, 15) is 0 Å². The number of ether oxygens (including phenoxy) is 1. The summed E-state index contributed by atoms with van der Waals surface area (Å²) in [5.74, 6) is 0.658. The van der Waals surface area contributed by atoms with Gasteiger partial charge >= 0.3 is 0 Å². The van der Waals surface area contributed by atoms with E-state index in [0.717, 1.165) is 12.0 Å². The summed E-state index contributed by atoms with van der Waals surface area (Å²) in [7, 11) is 2.47. The summed E-state index contributed by atoms with van der Waals surface area (Å²) in [6, 6.07) is 7.42. The molecular weight excluding hydrogens is 305 g/mol. The summed E-state index contributed by atoms with van der Waals surface area (Å²) in [5, 5.41) is 7.91. The number of hydrogen-bond acceptors (Lipinski definition) is 4. The summed E-state index contributed by atoms with van der Waals surface area (Å²) < 4.78 is 7.43. The first-order chi connectivity index (χ1) is 10.0. The van der Waals surface area contributed by atoms with Crippen LogP contribution in [0, 0.1) is 0 Å². The molecule has 0 saturated heterocycles. The highest BCUT2D eigenvalue weighted by molar-refractivity contribution is 7.95. The maximum atomic E-state index is 8.64. The highest BCUT2D eigenvalue weighted by Gasteiger charge is 2.23. The van der Waals surface area contributed by atoms with Gasteiger partial charge in [-0.05, 0) is 65.6 Å². The van der Waals surface area contributed by atoms with Crippen LogP contribution in [0.25, 0.3) is 10.4 Å². The SMILES string of the molecule is CCC[C@](C)(N=[N+]=[N-])Oc1ccc(/C=N/N(C)P=S)cc1. The van der Waals surface area contributed by atoms with E-state index in [-0.39, 0.29) is 0 Å². The number of hydrogen-bond donors (Lipinski definition) is 0. The van der Waals surface area contributed by atoms with Gasteiger partial charge in [-0.2, -0.15) is 5.10 Å². The standard InChI is InChI=1S/C13H18N5OPS/c1-4-9-13(2,16-17-14)19-12-7-5-11(6-8-12)10-15-18(3)20-21/h5-8,10H,4,9H2,1-3H3/b15-10+/t13-/m1/s1. The minimum Gasteiger partial charge on any atom is -0.481 e. The number of hydrazone groups is 1. The highest BCUT2D eigenvalue weighted by atomic mass is 32.4. The van der Waals surface area contributed by atoms with E-state index in [2.05, 4.69) is 15.1 Å². The van der Waals surface area contributed by atoms with Gasteiger partial charge < -0.3 is 4.74 Å². The molecular formula is C13H18N5OPS. The lowest BCUT2D eigenvalue weighted by Gasteiger charge is -2.25. The Morgan fingerprint density at radius 3 is 2.67 bits per heavy atom. The molecule has 0 spiro atoms. The smallest absolute Gasteiger partial charge is 0.185 e. The molecule has 6 nitrogen and oxygen atoms in total. The largest absolute Gasteiger partial charge is 0.481 e. The van der Waals surface area contributed by atoms with Gasteiger partial charge in [0.15, 0.2) is 5.72 Å². The lowest BCUT2D eigenvalue weighted by atomic mass is 10.1. The zero-order valence-corrected chi connectivity index (χ0v) is 14.0. The summed E-state index contributed by atoms with van der Waals surface area (Å²) in [6.07, 6.45) is 3.25. The number of rotatable bonds is 8. The quantitative estimate of drug-likeness (QED) is 0.177. The molecule has 1 aromatic carbocycles. The van der Waals surface area contributed by atoms with Gasteiger partial charge in [0.25, 0.3) is 0 Å². The Hall–Kier alpha value is -1.68. The summed E-state index contributed by atoms with van der Waals surface area (Å²) in [6.45, 7) is 3.80. The van der Waals surface area contributed by atoms with Crippen LogP contribution in [0.1, 0.15) is 32.3 Å². The summed E-state index contributed by atoms with van der Waals surface area (Å²) >= 11 is 4.84. The fourth-order valence-electron chi connectivity index (χ4n) is 1.73. The van der Waals surface area contributed by atoms with Crippen LogP contribution in [0.15, 0.2) is 34.5 Å². The van der Waals surface area contributed by atoms with Gasteiger partial charge in [-0.15, -0.1) is 0 Å². The maximum Gasteiger partial charge on any atom is 0.185 e. The molecule has 8 heteroatoms. The average molecular weight is 323 g/mol. The highest BCUT2D eigenvalue weighted by Crippen LogP contribution is 2.24. The van der Waals surface area contributed by atoms with Crippen molar-refractivity contribution in [3.05, 3.63) is 40.3 Å². The van der Waals surface area contributed by atoms with Gasteiger partial charge in [0.1, 0.15) is 13.3 Å². The topological polar surface area (TPSA) is 73.6 Å². The maximum absolute atomic E-state index is 8.64. The molecule has 21 heavy (non-hydrogen) atoms. The van der Waals surface area contributed by atoms with Crippen molar-refractivity contribution in [2.75, 3.05) is 7.05 Å². The van der Waals surface area contributed by atoms with E-state index >= 15 is 0 Å². The number of benzene rings is 1. The third kappa shape index (κ3) is 6.08. The van der Waals surface area contributed by atoms with E-state index in [4.69, 9.17) is 22.1 Å². The van der Waals surface area contributed by atoms with E-state index in [0.29, 0.717) is 19.7 Å². The zero-order chi connectivity index (χ0) is 15.7. The predicted molar refractivity (Wildman–Crippen MR) is 89.2 cm³/mol. The Labute approximate surface area is 131 Å². The predicted octanol–water partition coefficient (Wildman–Crippen LogP) is 4.48. The first-order valence-electron chi connectivity index (χ1n) is 6.49. The van der Waals surface area contributed by atoms with Crippen molar-refractivity contribution in [3.63, 3.8) is 0 Å². The summed E-state index contributed by atoms with van der Waals surface area (Å²) in [4.78, 5) is 2.86. The molecule has 1 aromatic rings. The Morgan fingerprint density at radius 1 is 1.48 bits per heavy atom. The van der Waals surface area contributed by atoms with Crippen LogP contribution < -0.4 is 4.74 Å². The molecule has 112 valence electrons. The molecule has 0 bridgehead atoms. The molecule has 0 saturated carbocycles. The van der Waals surface area contributed by atoms with Crippen molar-refractivity contribution in [1.29, 1.82) is 0 Å². The first kappa shape index (κ1) is 17.4. The Balaban J connectivity index is 2.80. The lowest BCUT2D eigenvalue weighted by molar-refractivity contribution is 0.0857. The van der Waals surface area contributed by atoms with Gasteiger partial charge in [-0.3, -0.25) is 0 Å². The molecule has 0 radical (unpaired) electrons. The third-order valence-corrected chi connectivity index (χ3v) is 3.73. The molecule has 0 aliphatic rings. The van der Waals surface area contributed by atoms with Crippen molar-refractivity contribution in [3.8, 4) is 5.75 Å². The van der Waals surface area contributed by atoms with Crippen LogP contribution in [-0.2, 0) is 11.8 Å². The molecule has 0 heterocycles. The molecule has 1 rings (SSSR count). The van der Waals surface area contributed by atoms with Crippen LogP contribution >= 0.6 is 7.51 Å². The average Bonchev–Trinajstić information content (AvgIpc) is 2.46. The van der Waals surface area contributed by atoms with Gasteiger partial charge in [0.2, 0.25) is 0 Å². The van der Waals surface area contributed by atoms with Crippen molar-refractivity contribution in [2.45, 2.75) is 32.4 Å². The minimum absolute atomic E-state index is 0.656. The van der Waals surface area contributed by atoms with Gasteiger partial charge in [-0.1, -0.05) is 13.3 Å². The molecule has 0 fully saturated rings. The van der Waals surface area contributed by atoms with Gasteiger partial charge in [0, 0.05) is 12.0 Å². The van der Waals surface area contributed by atoms with Crippen molar-refractivity contribution < 1.29 is 4.74 Å². The Kier molecular flexibility index (Phi) is 7.09. The Morgan fingerprint density at radius 2 is 2.14 bits per heavy atom. The van der Waals surface area contributed by atoms with Crippen LogP contribution in [0.4, 0.5) is 0 Å². The molecule has 0 aliphatic heterocycles. The molecule has 0 unspecified atom stereocenters. The Bertz CT molecular complexity index is 544. The fraction of sp³-hybridized carbons (Fsp3) is 0.462. The van der Waals surface area contributed by atoms with Crippen molar-refractivity contribution in [2.24, 2.45) is 10.2 Å². The molecule has 0 aromatic heterocycles. The summed E-state index contributed by atoms with van der Waals surface area (Å²) in [5.41, 5.74) is 8.72. The van der Waals surface area contributed by atoms with Crippen LogP contribution in [0.2, 0.25) is 0 Å². The third-order valence-electron chi connectivity index (χ3n) is 2.68. The zero-order valence-electron chi connectivity index (χ0n) is 12.3. The van der Waals surface area contributed by atoms with E-state index < -0.39 is 5.72 Å².